The van der Waals surface area contributed by atoms with Crippen molar-refractivity contribution in [3.05, 3.63) is 48.8 Å². The molecule has 0 amide bonds. The van der Waals surface area contributed by atoms with E-state index in [0.29, 0.717) is 18.0 Å². The predicted octanol–water partition coefficient (Wildman–Crippen LogP) is 0.976. The van der Waals surface area contributed by atoms with Crippen LogP contribution in [0.4, 0.5) is 5.82 Å². The van der Waals surface area contributed by atoms with Crippen molar-refractivity contribution in [2.45, 2.75) is 6.10 Å². The van der Waals surface area contributed by atoms with Crippen molar-refractivity contribution in [3.63, 3.8) is 0 Å². The third kappa shape index (κ3) is 3.46. The van der Waals surface area contributed by atoms with Crippen LogP contribution in [0.25, 0.3) is 5.65 Å². The molecule has 2 N–H and O–H groups in total. The normalized spacial score (nSPS) is 12.2. The Kier molecular flexibility index (Phi) is 3.92. The first kappa shape index (κ1) is 13.3. The summed E-state index contributed by atoms with van der Waals surface area (Å²) >= 11 is 0. The number of nitrogens with one attached hydrogen (secondary N) is 1. The standard InChI is InChI=1S/C14H15N5O2/c20-11(9-21-12-4-2-1-3-5-12)8-15-13-6-7-14-17-16-10-19(14)18-13/h1-7,10-11,20H,8-9H2,(H,15,18)/t11-/m1/s1. The summed E-state index contributed by atoms with van der Waals surface area (Å²) in [6.45, 7) is 0.555. The Morgan fingerprint density at radius 3 is 2.90 bits per heavy atom. The van der Waals surface area contributed by atoms with Crippen molar-refractivity contribution in [1.29, 1.82) is 0 Å². The number of nitrogens with zero attached hydrogens (tertiary/aromatic N) is 4. The Labute approximate surface area is 121 Å². The Morgan fingerprint density at radius 2 is 2.05 bits per heavy atom. The van der Waals surface area contributed by atoms with Gasteiger partial charge >= 0.3 is 0 Å². The predicted molar refractivity (Wildman–Crippen MR) is 77.2 cm³/mol. The monoisotopic (exact) mass is 285 g/mol. The maximum atomic E-state index is 9.90. The highest BCUT2D eigenvalue weighted by Crippen LogP contribution is 2.09. The number of hydrogen-bond donors (Lipinski definition) is 2. The van der Waals surface area contributed by atoms with E-state index in [1.54, 1.807) is 16.6 Å². The summed E-state index contributed by atoms with van der Waals surface area (Å²) in [6.07, 6.45) is 0.888. The number of hydrogen-bond acceptors (Lipinski definition) is 6. The molecule has 3 aromatic rings. The summed E-state index contributed by atoms with van der Waals surface area (Å²) in [5.41, 5.74) is 0.675. The molecule has 0 bridgehead atoms. The summed E-state index contributed by atoms with van der Waals surface area (Å²) < 4.78 is 7.04. The second-order valence-electron chi connectivity index (χ2n) is 4.51. The molecule has 0 radical (unpaired) electrons. The molecule has 0 aliphatic heterocycles. The van der Waals surface area contributed by atoms with Crippen LogP contribution in [-0.4, -0.2) is 44.2 Å². The van der Waals surface area contributed by atoms with E-state index in [4.69, 9.17) is 4.74 Å². The van der Waals surface area contributed by atoms with Crippen molar-refractivity contribution in [1.82, 2.24) is 19.8 Å². The summed E-state index contributed by atoms with van der Waals surface area (Å²) in [5.74, 6) is 1.38. The van der Waals surface area contributed by atoms with E-state index in [1.165, 1.54) is 6.33 Å². The number of aliphatic hydroxyl groups excluding tert-OH is 1. The summed E-state index contributed by atoms with van der Waals surface area (Å²) in [4.78, 5) is 0. The summed E-state index contributed by atoms with van der Waals surface area (Å²) in [6, 6.07) is 13.0. The lowest BCUT2D eigenvalue weighted by Gasteiger charge is -2.13. The first-order valence-corrected chi connectivity index (χ1v) is 6.58. The minimum Gasteiger partial charge on any atom is -0.491 e. The molecule has 1 atom stereocenters. The molecule has 2 aromatic heterocycles. The average molecular weight is 285 g/mol. The Hall–Kier alpha value is -2.67. The molecule has 108 valence electrons. The number of aliphatic hydroxyl groups is 1. The number of fused-ring (bicyclic) bond motifs is 1. The Bertz CT molecular complexity index is 701. The second-order valence-corrected chi connectivity index (χ2v) is 4.51. The highest BCUT2D eigenvalue weighted by molar-refractivity contribution is 5.42. The van der Waals surface area contributed by atoms with Gasteiger partial charge in [-0.1, -0.05) is 18.2 Å². The lowest BCUT2D eigenvalue weighted by Crippen LogP contribution is -2.26. The van der Waals surface area contributed by atoms with E-state index in [-0.39, 0.29) is 6.61 Å². The van der Waals surface area contributed by atoms with Crippen LogP contribution in [0.3, 0.4) is 0 Å². The Balaban J connectivity index is 1.49. The number of para-hydroxylation sites is 1. The van der Waals surface area contributed by atoms with Gasteiger partial charge in [0, 0.05) is 6.54 Å². The SMILES string of the molecule is O[C@H](CNc1ccc2nncn2n1)COc1ccccc1. The van der Waals surface area contributed by atoms with Gasteiger partial charge in [-0.3, -0.25) is 0 Å². The average Bonchev–Trinajstić information content (AvgIpc) is 2.99. The van der Waals surface area contributed by atoms with Crippen LogP contribution in [-0.2, 0) is 0 Å². The third-order valence-electron chi connectivity index (χ3n) is 2.87. The fourth-order valence-corrected chi connectivity index (χ4v) is 1.81. The maximum Gasteiger partial charge on any atom is 0.177 e. The van der Waals surface area contributed by atoms with Gasteiger partial charge < -0.3 is 15.2 Å². The van der Waals surface area contributed by atoms with Crippen molar-refractivity contribution in [3.8, 4) is 5.75 Å². The van der Waals surface area contributed by atoms with E-state index in [9.17, 15) is 5.11 Å². The minimum atomic E-state index is -0.636. The van der Waals surface area contributed by atoms with E-state index < -0.39 is 6.10 Å². The lowest BCUT2D eigenvalue weighted by atomic mass is 10.3. The van der Waals surface area contributed by atoms with Crippen LogP contribution in [0.15, 0.2) is 48.8 Å². The number of ether oxygens (including phenoxy) is 1. The lowest BCUT2D eigenvalue weighted by molar-refractivity contribution is 0.117. The quantitative estimate of drug-likeness (QED) is 0.702. The van der Waals surface area contributed by atoms with Crippen molar-refractivity contribution in [2.24, 2.45) is 0 Å². The molecule has 21 heavy (non-hydrogen) atoms. The molecule has 0 saturated carbocycles. The highest BCUT2D eigenvalue weighted by atomic mass is 16.5. The molecule has 3 rings (SSSR count). The molecular formula is C14H15N5O2. The molecular weight excluding hydrogens is 270 g/mol. The highest BCUT2D eigenvalue weighted by Gasteiger charge is 2.06. The fraction of sp³-hybridized carbons (Fsp3) is 0.214. The van der Waals surface area contributed by atoms with Gasteiger partial charge in [0.25, 0.3) is 0 Å². The number of benzene rings is 1. The van der Waals surface area contributed by atoms with Gasteiger partial charge in [0.2, 0.25) is 0 Å². The van der Waals surface area contributed by atoms with Gasteiger partial charge in [-0.2, -0.15) is 4.52 Å². The van der Waals surface area contributed by atoms with Crippen LogP contribution in [0, 0.1) is 0 Å². The van der Waals surface area contributed by atoms with Gasteiger partial charge in [-0.05, 0) is 24.3 Å². The summed E-state index contributed by atoms with van der Waals surface area (Å²) in [5, 5.41) is 24.8. The van der Waals surface area contributed by atoms with Crippen molar-refractivity contribution >= 4 is 11.5 Å². The fourth-order valence-electron chi connectivity index (χ4n) is 1.81. The molecule has 0 unspecified atom stereocenters. The zero-order valence-electron chi connectivity index (χ0n) is 11.3. The Morgan fingerprint density at radius 1 is 1.19 bits per heavy atom. The molecule has 0 aliphatic rings. The number of anilines is 1. The maximum absolute atomic E-state index is 9.90. The number of rotatable bonds is 6. The third-order valence-corrected chi connectivity index (χ3v) is 2.87. The van der Waals surface area contributed by atoms with E-state index in [2.05, 4.69) is 20.6 Å². The molecule has 7 nitrogen and oxygen atoms in total. The molecule has 0 fully saturated rings. The zero-order valence-corrected chi connectivity index (χ0v) is 11.3. The van der Waals surface area contributed by atoms with Crippen LogP contribution >= 0.6 is 0 Å². The largest absolute Gasteiger partial charge is 0.491 e. The molecule has 1 aromatic carbocycles. The van der Waals surface area contributed by atoms with Gasteiger partial charge in [0.1, 0.15) is 30.6 Å². The minimum absolute atomic E-state index is 0.214. The van der Waals surface area contributed by atoms with Gasteiger partial charge in [-0.15, -0.1) is 15.3 Å². The van der Waals surface area contributed by atoms with E-state index in [0.717, 1.165) is 5.75 Å². The van der Waals surface area contributed by atoms with Crippen molar-refractivity contribution < 1.29 is 9.84 Å². The van der Waals surface area contributed by atoms with Crippen molar-refractivity contribution in [2.75, 3.05) is 18.5 Å². The smallest absolute Gasteiger partial charge is 0.177 e. The van der Waals surface area contributed by atoms with Crippen LogP contribution in [0.1, 0.15) is 0 Å². The van der Waals surface area contributed by atoms with Crippen LogP contribution < -0.4 is 10.1 Å². The first-order chi connectivity index (χ1) is 10.3. The van der Waals surface area contributed by atoms with Gasteiger partial charge in [0.15, 0.2) is 5.65 Å². The number of aromatic nitrogens is 4. The van der Waals surface area contributed by atoms with Crippen LogP contribution in [0.2, 0.25) is 0 Å². The van der Waals surface area contributed by atoms with Gasteiger partial charge in [-0.25, -0.2) is 0 Å². The molecule has 0 saturated heterocycles. The second kappa shape index (κ2) is 6.19. The van der Waals surface area contributed by atoms with Gasteiger partial charge in [0.05, 0.1) is 0 Å². The molecule has 2 heterocycles. The van der Waals surface area contributed by atoms with E-state index >= 15 is 0 Å². The first-order valence-electron chi connectivity index (χ1n) is 6.58. The van der Waals surface area contributed by atoms with Crippen LogP contribution in [0.5, 0.6) is 5.75 Å². The summed E-state index contributed by atoms with van der Waals surface area (Å²) in [7, 11) is 0. The topological polar surface area (TPSA) is 84.6 Å². The zero-order chi connectivity index (χ0) is 14.5. The molecule has 7 heteroatoms. The molecule has 0 spiro atoms. The van der Waals surface area contributed by atoms with E-state index in [1.807, 2.05) is 30.3 Å². The molecule has 0 aliphatic carbocycles.